The standard InChI is InChI=1S/C23H21BrClNO3/c24-18-8-13-22(21(25)15-18)29-16-23(27)26-19-9-11-20(12-10-19)28-14-4-7-17-5-2-1-3-6-17/h1-3,5-6,8-13,15H,4,7,14,16H2,(H,26,27). The van der Waals surface area contributed by atoms with Gasteiger partial charge in [0.25, 0.3) is 5.91 Å². The summed E-state index contributed by atoms with van der Waals surface area (Å²) >= 11 is 9.40. The van der Waals surface area contributed by atoms with Gasteiger partial charge in [-0.25, -0.2) is 0 Å². The summed E-state index contributed by atoms with van der Waals surface area (Å²) in [7, 11) is 0. The number of ether oxygens (including phenoxy) is 2. The largest absolute Gasteiger partial charge is 0.494 e. The number of halogens is 2. The first kappa shape index (κ1) is 21.2. The Balaban J connectivity index is 1.39. The van der Waals surface area contributed by atoms with Crippen LogP contribution in [-0.4, -0.2) is 19.1 Å². The third-order valence-corrected chi connectivity index (χ3v) is 4.90. The predicted molar refractivity (Wildman–Crippen MR) is 120 cm³/mol. The van der Waals surface area contributed by atoms with Gasteiger partial charge in [0.2, 0.25) is 0 Å². The Bertz CT molecular complexity index is 933. The molecule has 0 unspecified atom stereocenters. The molecule has 0 bridgehead atoms. The number of nitrogens with one attached hydrogen (secondary N) is 1. The van der Waals surface area contributed by atoms with Crippen LogP contribution in [0.1, 0.15) is 12.0 Å². The molecule has 0 fully saturated rings. The van der Waals surface area contributed by atoms with E-state index in [0.29, 0.717) is 23.1 Å². The van der Waals surface area contributed by atoms with Gasteiger partial charge in [-0.15, -0.1) is 0 Å². The molecule has 3 rings (SSSR count). The maximum atomic E-state index is 12.1. The van der Waals surface area contributed by atoms with Crippen LogP contribution in [0.25, 0.3) is 0 Å². The van der Waals surface area contributed by atoms with Gasteiger partial charge in [-0.1, -0.05) is 57.9 Å². The first-order valence-electron chi connectivity index (χ1n) is 9.24. The highest BCUT2D eigenvalue weighted by Gasteiger charge is 2.07. The van der Waals surface area contributed by atoms with Crippen molar-refractivity contribution in [2.45, 2.75) is 12.8 Å². The molecule has 0 aliphatic carbocycles. The average molecular weight is 475 g/mol. The zero-order valence-electron chi connectivity index (χ0n) is 15.7. The van der Waals surface area contributed by atoms with Crippen molar-refractivity contribution in [3.05, 3.63) is 87.9 Å². The maximum absolute atomic E-state index is 12.1. The van der Waals surface area contributed by atoms with Crippen molar-refractivity contribution >= 4 is 39.1 Å². The minimum absolute atomic E-state index is 0.126. The van der Waals surface area contributed by atoms with Crippen molar-refractivity contribution in [2.24, 2.45) is 0 Å². The first-order chi connectivity index (χ1) is 14.1. The lowest BCUT2D eigenvalue weighted by Gasteiger charge is -2.10. The molecule has 4 nitrogen and oxygen atoms in total. The fraction of sp³-hybridized carbons (Fsp3) is 0.174. The number of carbonyl (C=O) groups excluding carboxylic acids is 1. The maximum Gasteiger partial charge on any atom is 0.262 e. The van der Waals surface area contributed by atoms with Crippen LogP contribution in [0, 0.1) is 0 Å². The second kappa shape index (κ2) is 10.9. The molecular weight excluding hydrogens is 454 g/mol. The van der Waals surface area contributed by atoms with E-state index in [1.54, 1.807) is 30.3 Å². The molecule has 0 saturated carbocycles. The van der Waals surface area contributed by atoms with Gasteiger partial charge >= 0.3 is 0 Å². The van der Waals surface area contributed by atoms with Crippen LogP contribution in [0.4, 0.5) is 5.69 Å². The van der Waals surface area contributed by atoms with Gasteiger partial charge in [0.1, 0.15) is 11.5 Å². The lowest BCUT2D eigenvalue weighted by Crippen LogP contribution is -2.20. The normalized spacial score (nSPS) is 10.4. The Morgan fingerprint density at radius 2 is 1.72 bits per heavy atom. The van der Waals surface area contributed by atoms with E-state index in [9.17, 15) is 4.79 Å². The van der Waals surface area contributed by atoms with Gasteiger partial charge in [0, 0.05) is 10.2 Å². The molecule has 0 radical (unpaired) electrons. The van der Waals surface area contributed by atoms with Gasteiger partial charge in [-0.2, -0.15) is 0 Å². The first-order valence-corrected chi connectivity index (χ1v) is 10.4. The van der Waals surface area contributed by atoms with E-state index < -0.39 is 0 Å². The average Bonchev–Trinajstić information content (AvgIpc) is 2.72. The molecular formula is C23H21BrClNO3. The molecule has 150 valence electrons. The fourth-order valence-corrected chi connectivity index (χ4v) is 3.41. The van der Waals surface area contributed by atoms with Gasteiger partial charge < -0.3 is 14.8 Å². The van der Waals surface area contributed by atoms with Gasteiger partial charge in [-0.05, 0) is 60.9 Å². The van der Waals surface area contributed by atoms with E-state index in [1.165, 1.54) is 5.56 Å². The molecule has 0 aliphatic heterocycles. The summed E-state index contributed by atoms with van der Waals surface area (Å²) < 4.78 is 12.1. The minimum Gasteiger partial charge on any atom is -0.494 e. The van der Waals surface area contributed by atoms with Crippen LogP contribution in [0.5, 0.6) is 11.5 Å². The van der Waals surface area contributed by atoms with Crippen LogP contribution < -0.4 is 14.8 Å². The van der Waals surface area contributed by atoms with Gasteiger partial charge in [0.05, 0.1) is 11.6 Å². The highest BCUT2D eigenvalue weighted by Crippen LogP contribution is 2.27. The molecule has 3 aromatic carbocycles. The van der Waals surface area contributed by atoms with Crippen LogP contribution in [0.3, 0.4) is 0 Å². The molecule has 1 N–H and O–H groups in total. The molecule has 29 heavy (non-hydrogen) atoms. The van der Waals surface area contributed by atoms with Crippen LogP contribution in [0.15, 0.2) is 77.3 Å². The monoisotopic (exact) mass is 473 g/mol. The van der Waals surface area contributed by atoms with Crippen LogP contribution >= 0.6 is 27.5 Å². The topological polar surface area (TPSA) is 47.6 Å². The number of hydrogen-bond acceptors (Lipinski definition) is 3. The molecule has 0 spiro atoms. The Morgan fingerprint density at radius 1 is 0.966 bits per heavy atom. The Kier molecular flexibility index (Phi) is 7.96. The number of anilines is 1. The zero-order chi connectivity index (χ0) is 20.5. The zero-order valence-corrected chi connectivity index (χ0v) is 18.1. The smallest absolute Gasteiger partial charge is 0.262 e. The number of rotatable bonds is 9. The van der Waals surface area contributed by atoms with Crippen molar-refractivity contribution in [3.63, 3.8) is 0 Å². The second-order valence-corrected chi connectivity index (χ2v) is 7.70. The molecule has 6 heteroatoms. The Morgan fingerprint density at radius 3 is 2.45 bits per heavy atom. The van der Waals surface area contributed by atoms with Gasteiger partial charge in [-0.3, -0.25) is 4.79 Å². The summed E-state index contributed by atoms with van der Waals surface area (Å²) in [5.41, 5.74) is 1.98. The highest BCUT2D eigenvalue weighted by atomic mass is 79.9. The van der Waals surface area contributed by atoms with E-state index >= 15 is 0 Å². The minimum atomic E-state index is -0.263. The van der Waals surface area contributed by atoms with Crippen molar-refractivity contribution < 1.29 is 14.3 Å². The lowest BCUT2D eigenvalue weighted by atomic mass is 10.1. The molecule has 3 aromatic rings. The number of amides is 1. The van der Waals surface area contributed by atoms with Crippen molar-refractivity contribution in [3.8, 4) is 11.5 Å². The van der Waals surface area contributed by atoms with E-state index in [4.69, 9.17) is 21.1 Å². The predicted octanol–water partition coefficient (Wildman–Crippen LogP) is 6.13. The molecule has 0 aliphatic rings. The van der Waals surface area contributed by atoms with Crippen molar-refractivity contribution in [1.82, 2.24) is 0 Å². The quantitative estimate of drug-likeness (QED) is 0.379. The van der Waals surface area contributed by atoms with Crippen molar-refractivity contribution in [1.29, 1.82) is 0 Å². The van der Waals surface area contributed by atoms with E-state index in [1.807, 2.05) is 30.3 Å². The Hall–Kier alpha value is -2.50. The summed E-state index contributed by atoms with van der Waals surface area (Å²) in [6, 6.07) is 22.8. The SMILES string of the molecule is O=C(COc1ccc(Br)cc1Cl)Nc1ccc(OCCCc2ccccc2)cc1. The molecule has 0 atom stereocenters. The van der Waals surface area contributed by atoms with Crippen molar-refractivity contribution in [2.75, 3.05) is 18.5 Å². The summed E-state index contributed by atoms with van der Waals surface area (Å²) in [5.74, 6) is 0.971. The number of carbonyl (C=O) groups is 1. The number of benzene rings is 3. The number of aryl methyl sites for hydroxylation is 1. The van der Waals surface area contributed by atoms with Crippen LogP contribution in [0.2, 0.25) is 5.02 Å². The fourth-order valence-electron chi connectivity index (χ4n) is 2.68. The second-order valence-electron chi connectivity index (χ2n) is 6.37. The summed E-state index contributed by atoms with van der Waals surface area (Å²) in [4.78, 5) is 12.1. The van der Waals surface area contributed by atoms with Crippen LogP contribution in [-0.2, 0) is 11.2 Å². The molecule has 1 amide bonds. The van der Waals surface area contributed by atoms with E-state index in [0.717, 1.165) is 23.1 Å². The molecule has 0 saturated heterocycles. The van der Waals surface area contributed by atoms with E-state index in [2.05, 4.69) is 33.4 Å². The summed E-state index contributed by atoms with van der Waals surface area (Å²) in [6.07, 6.45) is 1.93. The van der Waals surface area contributed by atoms with Gasteiger partial charge in [0.15, 0.2) is 6.61 Å². The molecule has 0 aromatic heterocycles. The highest BCUT2D eigenvalue weighted by molar-refractivity contribution is 9.10. The summed E-state index contributed by atoms with van der Waals surface area (Å²) in [5, 5.41) is 3.23. The Labute approximate surface area is 183 Å². The third kappa shape index (κ3) is 7.11. The molecule has 0 heterocycles. The lowest BCUT2D eigenvalue weighted by molar-refractivity contribution is -0.118. The van der Waals surface area contributed by atoms with E-state index in [-0.39, 0.29) is 12.5 Å². The summed E-state index contributed by atoms with van der Waals surface area (Å²) in [6.45, 7) is 0.515. The third-order valence-electron chi connectivity index (χ3n) is 4.11. The number of hydrogen-bond donors (Lipinski definition) is 1.